The summed E-state index contributed by atoms with van der Waals surface area (Å²) < 4.78 is 43.3. The maximum absolute atomic E-state index is 12.9. The molecule has 0 aliphatic carbocycles. The number of methoxy groups -OCH3 is 1. The molecule has 106 valence electrons. The second-order valence-corrected chi connectivity index (χ2v) is 3.84. The number of rotatable bonds is 3. The van der Waals surface area contributed by atoms with Gasteiger partial charge in [-0.25, -0.2) is 4.98 Å². The summed E-state index contributed by atoms with van der Waals surface area (Å²) in [5, 5.41) is 2.65. The van der Waals surface area contributed by atoms with Gasteiger partial charge < -0.3 is 15.8 Å². The third-order valence-corrected chi connectivity index (χ3v) is 2.44. The van der Waals surface area contributed by atoms with Gasteiger partial charge in [0.15, 0.2) is 0 Å². The SMILES string of the molecule is COc1ccc(Nc2nccc(N)n2)cc1C(F)(F)F. The highest BCUT2D eigenvalue weighted by atomic mass is 19.4. The summed E-state index contributed by atoms with van der Waals surface area (Å²) in [6.45, 7) is 0. The highest BCUT2D eigenvalue weighted by Crippen LogP contribution is 2.38. The van der Waals surface area contributed by atoms with Crippen LogP contribution < -0.4 is 15.8 Å². The van der Waals surface area contributed by atoms with Crippen molar-refractivity contribution >= 4 is 17.5 Å². The molecule has 2 aromatic rings. The number of nitrogen functional groups attached to an aromatic ring is 1. The quantitative estimate of drug-likeness (QED) is 0.906. The fraction of sp³-hybridized carbons (Fsp3) is 0.167. The zero-order valence-electron chi connectivity index (χ0n) is 10.4. The van der Waals surface area contributed by atoms with Crippen LogP contribution in [0.15, 0.2) is 30.5 Å². The van der Waals surface area contributed by atoms with Crippen molar-refractivity contribution in [3.8, 4) is 5.75 Å². The smallest absolute Gasteiger partial charge is 0.420 e. The van der Waals surface area contributed by atoms with Crippen molar-refractivity contribution in [1.29, 1.82) is 0 Å². The second kappa shape index (κ2) is 5.24. The molecular formula is C12H11F3N4O. The topological polar surface area (TPSA) is 73.1 Å². The van der Waals surface area contributed by atoms with Crippen LogP contribution in [0.4, 0.5) is 30.6 Å². The first-order valence-corrected chi connectivity index (χ1v) is 5.51. The lowest BCUT2D eigenvalue weighted by atomic mass is 10.1. The van der Waals surface area contributed by atoms with Crippen molar-refractivity contribution in [3.63, 3.8) is 0 Å². The Morgan fingerprint density at radius 3 is 2.60 bits per heavy atom. The average Bonchev–Trinajstić information content (AvgIpc) is 2.37. The Morgan fingerprint density at radius 1 is 1.25 bits per heavy atom. The van der Waals surface area contributed by atoms with E-state index >= 15 is 0 Å². The van der Waals surface area contributed by atoms with Gasteiger partial charge >= 0.3 is 6.18 Å². The Balaban J connectivity index is 2.34. The van der Waals surface area contributed by atoms with Gasteiger partial charge in [-0.3, -0.25) is 0 Å². The first-order valence-electron chi connectivity index (χ1n) is 5.51. The van der Waals surface area contributed by atoms with E-state index in [1.165, 1.54) is 31.5 Å². The van der Waals surface area contributed by atoms with Crippen molar-refractivity contribution in [2.45, 2.75) is 6.18 Å². The summed E-state index contributed by atoms with van der Waals surface area (Å²) >= 11 is 0. The molecule has 0 aliphatic rings. The average molecular weight is 284 g/mol. The van der Waals surface area contributed by atoms with Gasteiger partial charge in [-0.1, -0.05) is 0 Å². The first-order chi connectivity index (χ1) is 9.40. The predicted molar refractivity (Wildman–Crippen MR) is 67.7 cm³/mol. The predicted octanol–water partition coefficient (Wildman–Crippen LogP) is 2.83. The van der Waals surface area contributed by atoms with Crippen molar-refractivity contribution in [2.24, 2.45) is 0 Å². The Labute approximate surface area is 112 Å². The zero-order valence-corrected chi connectivity index (χ0v) is 10.4. The molecule has 8 heteroatoms. The van der Waals surface area contributed by atoms with Gasteiger partial charge in [0.05, 0.1) is 12.7 Å². The van der Waals surface area contributed by atoms with Crippen molar-refractivity contribution in [2.75, 3.05) is 18.2 Å². The lowest BCUT2D eigenvalue weighted by Crippen LogP contribution is -2.08. The van der Waals surface area contributed by atoms with E-state index in [-0.39, 0.29) is 23.2 Å². The van der Waals surface area contributed by atoms with Gasteiger partial charge in [0.1, 0.15) is 11.6 Å². The maximum Gasteiger partial charge on any atom is 0.420 e. The monoisotopic (exact) mass is 284 g/mol. The van der Waals surface area contributed by atoms with Crippen LogP contribution in [-0.2, 0) is 6.18 Å². The molecule has 1 heterocycles. The molecule has 2 rings (SSSR count). The van der Waals surface area contributed by atoms with E-state index in [0.29, 0.717) is 0 Å². The van der Waals surface area contributed by atoms with Crippen LogP contribution in [0.2, 0.25) is 0 Å². The first kappa shape index (κ1) is 13.9. The number of anilines is 3. The molecule has 20 heavy (non-hydrogen) atoms. The highest BCUT2D eigenvalue weighted by molar-refractivity contribution is 5.58. The van der Waals surface area contributed by atoms with Crippen molar-refractivity contribution < 1.29 is 17.9 Å². The van der Waals surface area contributed by atoms with Crippen molar-refractivity contribution in [1.82, 2.24) is 9.97 Å². The lowest BCUT2D eigenvalue weighted by molar-refractivity contribution is -0.138. The number of nitrogens with one attached hydrogen (secondary N) is 1. The van der Waals surface area contributed by atoms with Crippen LogP contribution >= 0.6 is 0 Å². The van der Waals surface area contributed by atoms with Crippen LogP contribution in [0.25, 0.3) is 0 Å². The molecule has 1 aromatic carbocycles. The molecule has 0 radical (unpaired) electrons. The zero-order chi connectivity index (χ0) is 14.8. The van der Waals surface area contributed by atoms with E-state index in [2.05, 4.69) is 15.3 Å². The summed E-state index contributed by atoms with van der Waals surface area (Å²) in [6, 6.07) is 5.05. The standard InChI is InChI=1S/C12H11F3N4O/c1-20-9-3-2-7(6-8(9)12(13,14)15)18-11-17-5-4-10(16)19-11/h2-6H,1H3,(H3,16,17,18,19). The fourth-order valence-electron chi connectivity index (χ4n) is 1.57. The normalized spacial score (nSPS) is 11.2. The number of benzene rings is 1. The molecule has 5 nitrogen and oxygen atoms in total. The largest absolute Gasteiger partial charge is 0.496 e. The molecule has 0 aliphatic heterocycles. The van der Waals surface area contributed by atoms with Gasteiger partial charge in [0.25, 0.3) is 0 Å². The Hall–Kier alpha value is -2.51. The minimum absolute atomic E-state index is 0.114. The molecule has 0 saturated carbocycles. The number of ether oxygens (including phenoxy) is 1. The van der Waals surface area contributed by atoms with Crippen LogP contribution in [0, 0.1) is 0 Å². The third-order valence-electron chi connectivity index (χ3n) is 2.44. The van der Waals surface area contributed by atoms with E-state index in [4.69, 9.17) is 10.5 Å². The molecule has 0 fully saturated rings. The number of nitrogens with two attached hydrogens (primary N) is 1. The molecule has 0 spiro atoms. The van der Waals surface area contributed by atoms with E-state index in [0.717, 1.165) is 6.07 Å². The molecule has 1 aromatic heterocycles. The fourth-order valence-corrected chi connectivity index (χ4v) is 1.57. The minimum atomic E-state index is -4.51. The van der Waals surface area contributed by atoms with E-state index in [1.54, 1.807) is 0 Å². The van der Waals surface area contributed by atoms with Gasteiger partial charge in [-0.15, -0.1) is 0 Å². The minimum Gasteiger partial charge on any atom is -0.496 e. The molecule has 0 amide bonds. The van der Waals surface area contributed by atoms with E-state index in [9.17, 15) is 13.2 Å². The number of halogens is 3. The Kier molecular flexibility index (Phi) is 3.64. The summed E-state index contributed by atoms with van der Waals surface area (Å²) in [7, 11) is 1.18. The van der Waals surface area contributed by atoms with Gasteiger partial charge in [-0.05, 0) is 24.3 Å². The number of hydrogen-bond donors (Lipinski definition) is 2. The van der Waals surface area contributed by atoms with Gasteiger partial charge in [0, 0.05) is 11.9 Å². The van der Waals surface area contributed by atoms with E-state index < -0.39 is 11.7 Å². The van der Waals surface area contributed by atoms with Crippen LogP contribution in [0.1, 0.15) is 5.56 Å². The molecular weight excluding hydrogens is 273 g/mol. The van der Waals surface area contributed by atoms with Crippen LogP contribution in [0.3, 0.4) is 0 Å². The summed E-state index contributed by atoms with van der Waals surface area (Å²) in [6.07, 6.45) is -3.11. The number of alkyl halides is 3. The molecule has 0 atom stereocenters. The lowest BCUT2D eigenvalue weighted by Gasteiger charge is -2.14. The van der Waals surface area contributed by atoms with Crippen molar-refractivity contribution in [3.05, 3.63) is 36.0 Å². The maximum atomic E-state index is 12.9. The Morgan fingerprint density at radius 2 is 2.00 bits per heavy atom. The molecule has 0 bridgehead atoms. The summed E-state index contributed by atoms with van der Waals surface area (Å²) in [5.74, 6) is 0.0758. The number of aromatic nitrogens is 2. The summed E-state index contributed by atoms with van der Waals surface area (Å²) in [4.78, 5) is 7.70. The van der Waals surface area contributed by atoms with Gasteiger partial charge in [0.2, 0.25) is 5.95 Å². The van der Waals surface area contributed by atoms with Crippen LogP contribution in [0.5, 0.6) is 5.75 Å². The molecule has 3 N–H and O–H groups in total. The Bertz CT molecular complexity index is 616. The second-order valence-electron chi connectivity index (χ2n) is 3.84. The van der Waals surface area contributed by atoms with E-state index in [1.807, 2.05) is 0 Å². The number of hydrogen-bond acceptors (Lipinski definition) is 5. The highest BCUT2D eigenvalue weighted by Gasteiger charge is 2.34. The number of nitrogens with zero attached hydrogens (tertiary/aromatic N) is 2. The van der Waals surface area contributed by atoms with Crippen LogP contribution in [-0.4, -0.2) is 17.1 Å². The van der Waals surface area contributed by atoms with Gasteiger partial charge in [-0.2, -0.15) is 18.2 Å². The third kappa shape index (κ3) is 3.08. The molecule has 0 saturated heterocycles. The summed E-state index contributed by atoms with van der Waals surface area (Å²) in [5.41, 5.74) is 4.77. The molecule has 0 unspecified atom stereocenters.